The van der Waals surface area contributed by atoms with Crippen LogP contribution < -0.4 is 5.32 Å². The van der Waals surface area contributed by atoms with Gasteiger partial charge in [-0.25, -0.2) is 4.79 Å². The van der Waals surface area contributed by atoms with Crippen LogP contribution in [-0.2, 0) is 4.79 Å². The van der Waals surface area contributed by atoms with Gasteiger partial charge in [-0.05, 0) is 38.0 Å². The normalized spacial score (nSPS) is 11.9. The Morgan fingerprint density at radius 3 is 2.50 bits per heavy atom. The number of aliphatic hydroxyl groups is 1. The maximum absolute atomic E-state index is 11.7. The zero-order valence-corrected chi connectivity index (χ0v) is 12.6. The van der Waals surface area contributed by atoms with Crippen molar-refractivity contribution in [1.82, 2.24) is 10.2 Å². The Labute approximate surface area is 121 Å². The SMILES string of the molecule is CC(CCNC(=O)N(C)CCCCCO)CCC(=O)O. The minimum atomic E-state index is -0.775. The second-order valence-electron chi connectivity index (χ2n) is 5.26. The van der Waals surface area contributed by atoms with Gasteiger partial charge in [0.05, 0.1) is 0 Å². The van der Waals surface area contributed by atoms with E-state index in [4.69, 9.17) is 10.2 Å². The van der Waals surface area contributed by atoms with Crippen LogP contribution in [0.5, 0.6) is 0 Å². The largest absolute Gasteiger partial charge is 0.481 e. The van der Waals surface area contributed by atoms with E-state index in [0.29, 0.717) is 25.4 Å². The standard InChI is InChI=1S/C14H28N2O4/c1-12(6-7-13(18)19)8-9-15-14(20)16(2)10-4-3-5-11-17/h12,17H,3-11H2,1-2H3,(H,15,20)(H,18,19). The van der Waals surface area contributed by atoms with E-state index in [-0.39, 0.29) is 19.1 Å². The van der Waals surface area contributed by atoms with Crippen LogP contribution >= 0.6 is 0 Å². The topological polar surface area (TPSA) is 89.9 Å². The first kappa shape index (κ1) is 18.7. The third kappa shape index (κ3) is 10.6. The molecule has 1 atom stereocenters. The van der Waals surface area contributed by atoms with Crippen molar-refractivity contribution in [2.75, 3.05) is 26.7 Å². The number of carboxylic acid groups (broad SMARTS) is 1. The van der Waals surface area contributed by atoms with Gasteiger partial charge in [0.15, 0.2) is 0 Å². The Bertz CT molecular complexity index is 284. The first-order chi connectivity index (χ1) is 9.47. The third-order valence-electron chi connectivity index (χ3n) is 3.26. The van der Waals surface area contributed by atoms with E-state index >= 15 is 0 Å². The fraction of sp³-hybridized carbons (Fsp3) is 0.857. The van der Waals surface area contributed by atoms with E-state index in [9.17, 15) is 9.59 Å². The molecule has 0 saturated carbocycles. The molecule has 0 rings (SSSR count). The van der Waals surface area contributed by atoms with Gasteiger partial charge in [0.1, 0.15) is 0 Å². The van der Waals surface area contributed by atoms with E-state index in [0.717, 1.165) is 25.7 Å². The number of hydrogen-bond donors (Lipinski definition) is 3. The molecule has 6 nitrogen and oxygen atoms in total. The van der Waals surface area contributed by atoms with Crippen molar-refractivity contribution in [3.05, 3.63) is 0 Å². The summed E-state index contributed by atoms with van der Waals surface area (Å²) in [7, 11) is 1.75. The van der Waals surface area contributed by atoms with E-state index in [2.05, 4.69) is 5.32 Å². The van der Waals surface area contributed by atoms with Gasteiger partial charge in [-0.1, -0.05) is 6.92 Å². The quantitative estimate of drug-likeness (QED) is 0.505. The molecule has 0 aromatic carbocycles. The highest BCUT2D eigenvalue weighted by molar-refractivity contribution is 5.73. The summed E-state index contributed by atoms with van der Waals surface area (Å²) in [6.07, 6.45) is 4.19. The highest BCUT2D eigenvalue weighted by atomic mass is 16.4. The van der Waals surface area contributed by atoms with Crippen molar-refractivity contribution < 1.29 is 19.8 Å². The summed E-state index contributed by atoms with van der Waals surface area (Å²) in [5.41, 5.74) is 0. The van der Waals surface area contributed by atoms with Crippen LogP contribution in [0.15, 0.2) is 0 Å². The van der Waals surface area contributed by atoms with E-state index < -0.39 is 5.97 Å². The molecule has 0 aliphatic heterocycles. The molecular weight excluding hydrogens is 260 g/mol. The molecule has 3 N–H and O–H groups in total. The number of amides is 2. The van der Waals surface area contributed by atoms with Gasteiger partial charge in [-0.3, -0.25) is 4.79 Å². The highest BCUT2D eigenvalue weighted by Crippen LogP contribution is 2.09. The molecule has 2 amide bonds. The van der Waals surface area contributed by atoms with Gasteiger partial charge >= 0.3 is 12.0 Å². The van der Waals surface area contributed by atoms with E-state index in [1.54, 1.807) is 11.9 Å². The van der Waals surface area contributed by atoms with Crippen LogP contribution in [0, 0.1) is 5.92 Å². The van der Waals surface area contributed by atoms with E-state index in [1.165, 1.54) is 0 Å². The molecule has 1 unspecified atom stereocenters. The van der Waals surface area contributed by atoms with Crippen LogP contribution in [0.1, 0.15) is 45.4 Å². The first-order valence-corrected chi connectivity index (χ1v) is 7.29. The minimum absolute atomic E-state index is 0.0977. The molecular formula is C14H28N2O4. The average Bonchev–Trinajstić information content (AvgIpc) is 2.40. The number of aliphatic carboxylic acids is 1. The lowest BCUT2D eigenvalue weighted by Crippen LogP contribution is -2.38. The number of hydrogen-bond acceptors (Lipinski definition) is 3. The fourth-order valence-corrected chi connectivity index (χ4v) is 1.81. The maximum Gasteiger partial charge on any atom is 0.317 e. The fourth-order valence-electron chi connectivity index (χ4n) is 1.81. The molecule has 118 valence electrons. The van der Waals surface area contributed by atoms with Crippen LogP contribution in [0.3, 0.4) is 0 Å². The lowest BCUT2D eigenvalue weighted by molar-refractivity contribution is -0.137. The maximum atomic E-state index is 11.7. The summed E-state index contributed by atoms with van der Waals surface area (Å²) in [5.74, 6) is -0.482. The summed E-state index contributed by atoms with van der Waals surface area (Å²) < 4.78 is 0. The number of aliphatic hydroxyl groups excluding tert-OH is 1. The van der Waals surface area contributed by atoms with Gasteiger partial charge in [-0.15, -0.1) is 0 Å². The van der Waals surface area contributed by atoms with Crippen molar-refractivity contribution >= 4 is 12.0 Å². The predicted octanol–water partition coefficient (Wildman–Crippen LogP) is 1.68. The molecule has 0 spiro atoms. The van der Waals surface area contributed by atoms with Crippen molar-refractivity contribution in [2.45, 2.75) is 45.4 Å². The number of urea groups is 1. The predicted molar refractivity (Wildman–Crippen MR) is 77.6 cm³/mol. The highest BCUT2D eigenvalue weighted by Gasteiger charge is 2.09. The minimum Gasteiger partial charge on any atom is -0.481 e. The lowest BCUT2D eigenvalue weighted by atomic mass is 10.0. The molecule has 0 aromatic rings. The summed E-state index contributed by atoms with van der Waals surface area (Å²) in [5, 5.41) is 20.1. The molecule has 0 aliphatic carbocycles. The van der Waals surface area contributed by atoms with Gasteiger partial charge in [0.25, 0.3) is 0 Å². The van der Waals surface area contributed by atoms with Gasteiger partial charge in [0, 0.05) is 33.2 Å². The van der Waals surface area contributed by atoms with Gasteiger partial charge in [0.2, 0.25) is 0 Å². The smallest absolute Gasteiger partial charge is 0.317 e. The molecule has 0 bridgehead atoms. The van der Waals surface area contributed by atoms with Crippen LogP contribution in [0.2, 0.25) is 0 Å². The number of nitrogens with zero attached hydrogens (tertiary/aromatic N) is 1. The van der Waals surface area contributed by atoms with Crippen molar-refractivity contribution in [2.24, 2.45) is 5.92 Å². The molecule has 20 heavy (non-hydrogen) atoms. The number of carbonyl (C=O) groups excluding carboxylic acids is 1. The molecule has 6 heteroatoms. The van der Waals surface area contributed by atoms with Gasteiger partial charge in [-0.2, -0.15) is 0 Å². The van der Waals surface area contributed by atoms with Crippen LogP contribution in [0.25, 0.3) is 0 Å². The summed E-state index contributed by atoms with van der Waals surface area (Å²) in [6.45, 7) is 3.44. The zero-order valence-electron chi connectivity index (χ0n) is 12.6. The molecule has 0 fully saturated rings. The Hall–Kier alpha value is -1.30. The number of carbonyl (C=O) groups is 2. The number of unbranched alkanes of at least 4 members (excludes halogenated alkanes) is 2. The van der Waals surface area contributed by atoms with Crippen LogP contribution in [0.4, 0.5) is 4.79 Å². The zero-order chi connectivity index (χ0) is 15.4. The number of rotatable bonds is 11. The summed E-state index contributed by atoms with van der Waals surface area (Å²) >= 11 is 0. The van der Waals surface area contributed by atoms with Crippen molar-refractivity contribution in [3.8, 4) is 0 Å². The summed E-state index contributed by atoms with van der Waals surface area (Å²) in [6, 6.07) is -0.0977. The summed E-state index contributed by atoms with van der Waals surface area (Å²) in [4.78, 5) is 23.8. The molecule has 0 radical (unpaired) electrons. The Kier molecular flexibility index (Phi) is 10.8. The number of nitrogens with one attached hydrogen (secondary N) is 1. The Balaban J connectivity index is 3.62. The lowest BCUT2D eigenvalue weighted by Gasteiger charge is -2.18. The second kappa shape index (κ2) is 11.5. The van der Waals surface area contributed by atoms with E-state index in [1.807, 2.05) is 6.92 Å². The molecule has 0 aromatic heterocycles. The first-order valence-electron chi connectivity index (χ1n) is 7.29. The van der Waals surface area contributed by atoms with Crippen molar-refractivity contribution in [1.29, 1.82) is 0 Å². The number of carboxylic acids is 1. The Morgan fingerprint density at radius 2 is 1.90 bits per heavy atom. The Morgan fingerprint density at radius 1 is 1.20 bits per heavy atom. The third-order valence-corrected chi connectivity index (χ3v) is 3.26. The van der Waals surface area contributed by atoms with Crippen molar-refractivity contribution in [3.63, 3.8) is 0 Å². The average molecular weight is 288 g/mol. The van der Waals surface area contributed by atoms with Crippen LogP contribution in [-0.4, -0.2) is 53.9 Å². The van der Waals surface area contributed by atoms with Gasteiger partial charge < -0.3 is 20.4 Å². The monoisotopic (exact) mass is 288 g/mol. The molecule has 0 aliphatic rings. The second-order valence-corrected chi connectivity index (χ2v) is 5.26. The molecule has 0 saturated heterocycles. The molecule has 0 heterocycles.